The third kappa shape index (κ3) is 7.43. The lowest BCUT2D eigenvalue weighted by Gasteiger charge is -2.24. The van der Waals surface area contributed by atoms with Crippen LogP contribution in [0, 0.1) is 0 Å². The van der Waals surface area contributed by atoms with Crippen molar-refractivity contribution in [2.45, 2.75) is 39.0 Å². The van der Waals surface area contributed by atoms with Crippen LogP contribution in [-0.2, 0) is 20.2 Å². The summed E-state index contributed by atoms with van der Waals surface area (Å²) in [6.45, 7) is 6.48. The number of hydrogen-bond donors (Lipinski definition) is 1. The summed E-state index contributed by atoms with van der Waals surface area (Å²) in [4.78, 5) is 25.6. The van der Waals surface area contributed by atoms with Gasteiger partial charge in [0.2, 0.25) is 15.9 Å². The van der Waals surface area contributed by atoms with Gasteiger partial charge in [0.1, 0.15) is 5.75 Å². The highest BCUT2D eigenvalue weighted by molar-refractivity contribution is 7.92. The number of ketones is 1. The van der Waals surface area contributed by atoms with Gasteiger partial charge in [-0.25, -0.2) is 8.42 Å². The Hall–Kier alpha value is -3.65. The molecule has 3 rings (SSSR count). The number of amides is 1. The summed E-state index contributed by atoms with van der Waals surface area (Å²) in [5, 5.41) is 2.81. The number of methoxy groups -OCH3 is 1. The van der Waals surface area contributed by atoms with Crippen molar-refractivity contribution in [3.8, 4) is 5.75 Å². The number of ether oxygens (including phenoxy) is 1. The average molecular weight is 523 g/mol. The van der Waals surface area contributed by atoms with Gasteiger partial charge in [0.25, 0.3) is 0 Å². The first-order valence-electron chi connectivity index (χ1n) is 12.1. The number of nitrogens with zero attached hydrogens (tertiary/aromatic N) is 1. The van der Waals surface area contributed by atoms with E-state index in [4.69, 9.17) is 4.74 Å². The van der Waals surface area contributed by atoms with E-state index in [1.807, 2.05) is 24.3 Å². The van der Waals surface area contributed by atoms with Crippen molar-refractivity contribution in [3.05, 3.63) is 89.5 Å². The van der Waals surface area contributed by atoms with Crippen molar-refractivity contribution in [3.63, 3.8) is 0 Å². The second-order valence-corrected chi connectivity index (χ2v) is 11.8. The maximum Gasteiger partial charge on any atom is 0.232 e. The molecule has 196 valence electrons. The number of sulfonamides is 1. The van der Waals surface area contributed by atoms with Crippen LogP contribution in [0.25, 0.3) is 0 Å². The molecule has 8 heteroatoms. The normalized spacial score (nSPS) is 11.6. The molecule has 1 N–H and O–H groups in total. The second kappa shape index (κ2) is 11.6. The fourth-order valence-electron chi connectivity index (χ4n) is 3.93. The minimum absolute atomic E-state index is 0.00269. The molecular formula is C29H34N2O5S. The van der Waals surface area contributed by atoms with E-state index in [0.29, 0.717) is 34.7 Å². The van der Waals surface area contributed by atoms with E-state index in [1.54, 1.807) is 48.5 Å². The van der Waals surface area contributed by atoms with Crippen LogP contribution in [0.2, 0.25) is 0 Å². The van der Waals surface area contributed by atoms with Crippen LogP contribution in [0.15, 0.2) is 72.8 Å². The lowest BCUT2D eigenvalue weighted by atomic mass is 9.86. The first kappa shape index (κ1) is 27.9. The lowest BCUT2D eigenvalue weighted by molar-refractivity contribution is -0.116. The van der Waals surface area contributed by atoms with Crippen LogP contribution in [-0.4, -0.2) is 40.0 Å². The molecule has 0 bridgehead atoms. The maximum atomic E-state index is 13.0. The molecule has 3 aromatic rings. The fraction of sp³-hybridized carbons (Fsp3) is 0.310. The van der Waals surface area contributed by atoms with E-state index in [1.165, 1.54) is 11.4 Å². The molecule has 0 aliphatic carbocycles. The van der Waals surface area contributed by atoms with E-state index in [0.717, 1.165) is 11.8 Å². The molecule has 1 amide bonds. The summed E-state index contributed by atoms with van der Waals surface area (Å²) in [7, 11) is -2.10. The molecule has 0 fully saturated rings. The van der Waals surface area contributed by atoms with E-state index in [9.17, 15) is 18.0 Å². The molecule has 0 heterocycles. The van der Waals surface area contributed by atoms with Crippen molar-refractivity contribution in [1.82, 2.24) is 0 Å². The van der Waals surface area contributed by atoms with Crippen molar-refractivity contribution in [2.24, 2.45) is 0 Å². The zero-order valence-corrected chi connectivity index (χ0v) is 22.8. The van der Waals surface area contributed by atoms with Crippen molar-refractivity contribution in [1.29, 1.82) is 0 Å². The number of para-hydroxylation sites is 2. The molecule has 0 aliphatic rings. The number of nitrogens with one attached hydrogen (secondary N) is 1. The van der Waals surface area contributed by atoms with Crippen LogP contribution in [0.4, 0.5) is 11.4 Å². The first-order valence-corrected chi connectivity index (χ1v) is 13.9. The zero-order chi connectivity index (χ0) is 27.2. The molecule has 0 atom stereocenters. The number of benzene rings is 3. The minimum Gasteiger partial charge on any atom is -0.495 e. The molecule has 0 aromatic heterocycles. The Kier molecular flexibility index (Phi) is 8.76. The lowest BCUT2D eigenvalue weighted by Crippen LogP contribution is -2.31. The molecule has 0 saturated heterocycles. The van der Waals surface area contributed by atoms with Gasteiger partial charge in [-0.3, -0.25) is 13.9 Å². The van der Waals surface area contributed by atoms with Crippen LogP contribution in [0.5, 0.6) is 5.75 Å². The summed E-state index contributed by atoms with van der Waals surface area (Å²) in [5.74, 6) is 0.0386. The third-order valence-electron chi connectivity index (χ3n) is 5.94. The largest absolute Gasteiger partial charge is 0.495 e. The van der Waals surface area contributed by atoms with Crippen molar-refractivity contribution in [2.75, 3.05) is 29.5 Å². The molecule has 37 heavy (non-hydrogen) atoms. The van der Waals surface area contributed by atoms with Crippen LogP contribution < -0.4 is 14.4 Å². The van der Waals surface area contributed by atoms with Crippen molar-refractivity contribution < 1.29 is 22.7 Å². The highest BCUT2D eigenvalue weighted by Gasteiger charge is 2.21. The van der Waals surface area contributed by atoms with Gasteiger partial charge in [0.05, 0.1) is 19.1 Å². The van der Waals surface area contributed by atoms with E-state index < -0.39 is 10.0 Å². The highest BCUT2D eigenvalue weighted by atomic mass is 32.2. The molecule has 0 unspecified atom stereocenters. The number of rotatable bonds is 10. The standard InChI is InChI=1S/C29H34N2O5S/c1-29(2,3)23-17-15-21(16-18-23)28(33)22-10-8-11-24(20-22)30-27(32)14-9-19-31(37(5,34)35)25-12-6-7-13-26(25)36-4/h6-8,10-13,15-18,20H,9,14,19H2,1-5H3,(H,30,32). The van der Waals surface area contributed by atoms with Gasteiger partial charge in [-0.05, 0) is 41.7 Å². The predicted molar refractivity (Wildman–Crippen MR) is 148 cm³/mol. The van der Waals surface area contributed by atoms with Gasteiger partial charge >= 0.3 is 0 Å². The molecule has 3 aromatic carbocycles. The van der Waals surface area contributed by atoms with Gasteiger partial charge in [-0.15, -0.1) is 0 Å². The highest BCUT2D eigenvalue weighted by Crippen LogP contribution is 2.30. The second-order valence-electron chi connectivity index (χ2n) is 9.90. The third-order valence-corrected chi connectivity index (χ3v) is 7.12. The quantitative estimate of drug-likeness (QED) is 0.360. The van der Waals surface area contributed by atoms with Crippen molar-refractivity contribution >= 4 is 33.1 Å². The van der Waals surface area contributed by atoms with Gasteiger partial charge in [0, 0.05) is 29.8 Å². The summed E-state index contributed by atoms with van der Waals surface area (Å²) < 4.78 is 31.3. The number of carbonyl (C=O) groups is 2. The number of anilines is 2. The predicted octanol–water partition coefficient (Wildman–Crippen LogP) is 5.41. The van der Waals surface area contributed by atoms with Gasteiger partial charge in [-0.2, -0.15) is 0 Å². The molecular weight excluding hydrogens is 488 g/mol. The Balaban J connectivity index is 1.63. The summed E-state index contributed by atoms with van der Waals surface area (Å²) >= 11 is 0. The molecule has 0 radical (unpaired) electrons. The number of hydrogen-bond acceptors (Lipinski definition) is 5. The Morgan fingerprint density at radius 1 is 0.919 bits per heavy atom. The average Bonchev–Trinajstić information content (AvgIpc) is 2.85. The molecule has 7 nitrogen and oxygen atoms in total. The van der Waals surface area contributed by atoms with E-state index in [-0.39, 0.29) is 30.1 Å². The van der Waals surface area contributed by atoms with Gasteiger partial charge < -0.3 is 10.1 Å². The Morgan fingerprint density at radius 3 is 2.22 bits per heavy atom. The summed E-state index contributed by atoms with van der Waals surface area (Å²) in [6, 6.07) is 21.2. The maximum absolute atomic E-state index is 13.0. The molecule has 0 saturated carbocycles. The summed E-state index contributed by atoms with van der Waals surface area (Å²) in [5.41, 5.74) is 3.12. The Labute approximate surface area is 219 Å². The van der Waals surface area contributed by atoms with Crippen LogP contribution in [0.1, 0.15) is 55.1 Å². The summed E-state index contributed by atoms with van der Waals surface area (Å²) in [6.07, 6.45) is 1.53. The fourth-order valence-corrected chi connectivity index (χ4v) is 4.90. The van der Waals surface area contributed by atoms with E-state index in [2.05, 4.69) is 26.1 Å². The Bertz CT molecular complexity index is 1360. The van der Waals surface area contributed by atoms with E-state index >= 15 is 0 Å². The minimum atomic E-state index is -3.58. The zero-order valence-electron chi connectivity index (χ0n) is 21.9. The number of carbonyl (C=O) groups excluding carboxylic acids is 2. The van der Waals surface area contributed by atoms with Crippen LogP contribution >= 0.6 is 0 Å². The SMILES string of the molecule is COc1ccccc1N(CCCC(=O)Nc1cccc(C(=O)c2ccc(C(C)(C)C)cc2)c1)S(C)(=O)=O. The monoisotopic (exact) mass is 522 g/mol. The molecule has 0 aliphatic heterocycles. The first-order chi connectivity index (χ1) is 17.4. The van der Waals surface area contributed by atoms with Crippen LogP contribution in [0.3, 0.4) is 0 Å². The van der Waals surface area contributed by atoms with Gasteiger partial charge in [0.15, 0.2) is 5.78 Å². The molecule has 0 spiro atoms. The topological polar surface area (TPSA) is 92.8 Å². The Morgan fingerprint density at radius 2 is 1.59 bits per heavy atom. The smallest absolute Gasteiger partial charge is 0.232 e. The van der Waals surface area contributed by atoms with Gasteiger partial charge in [-0.1, -0.05) is 69.3 Å².